The second-order valence-electron chi connectivity index (χ2n) is 7.16. The average molecular weight is 416 g/mol. The number of halogens is 1. The Morgan fingerprint density at radius 3 is 2.27 bits per heavy atom. The highest BCUT2D eigenvalue weighted by molar-refractivity contribution is 5.89. The van der Waals surface area contributed by atoms with E-state index in [1.165, 1.54) is 18.2 Å². The van der Waals surface area contributed by atoms with Gasteiger partial charge in [0.1, 0.15) is 24.5 Å². The molecule has 2 rings (SSSR count). The largest absolute Gasteiger partial charge is 0.480 e. The van der Waals surface area contributed by atoms with E-state index in [1.54, 1.807) is 32.0 Å². The van der Waals surface area contributed by atoms with E-state index >= 15 is 0 Å². The molecule has 0 saturated heterocycles. The maximum absolute atomic E-state index is 13.4. The van der Waals surface area contributed by atoms with Gasteiger partial charge >= 0.3 is 12.1 Å². The summed E-state index contributed by atoms with van der Waals surface area (Å²) in [5, 5.41) is 14.3. The minimum atomic E-state index is -1.28. The van der Waals surface area contributed by atoms with E-state index in [9.17, 15) is 23.9 Å². The Hall–Kier alpha value is -3.42. The molecule has 0 aromatic heterocycles. The second-order valence-corrected chi connectivity index (χ2v) is 7.16. The summed E-state index contributed by atoms with van der Waals surface area (Å²) in [6.45, 7) is 3.46. The second kappa shape index (κ2) is 10.9. The number of alkyl carbamates (subject to hydrolysis) is 1. The van der Waals surface area contributed by atoms with Crippen LogP contribution in [0.1, 0.15) is 25.0 Å². The molecule has 7 nitrogen and oxygen atoms in total. The van der Waals surface area contributed by atoms with Crippen LogP contribution in [-0.4, -0.2) is 35.2 Å². The molecule has 0 spiro atoms. The molecule has 0 aliphatic carbocycles. The number of rotatable bonds is 9. The van der Waals surface area contributed by atoms with Crippen molar-refractivity contribution in [3.63, 3.8) is 0 Å². The van der Waals surface area contributed by atoms with Gasteiger partial charge in [-0.05, 0) is 29.2 Å². The van der Waals surface area contributed by atoms with Gasteiger partial charge in [-0.15, -0.1) is 0 Å². The number of carboxylic acids is 1. The van der Waals surface area contributed by atoms with Crippen molar-refractivity contribution in [3.05, 3.63) is 71.5 Å². The maximum atomic E-state index is 13.4. The summed E-state index contributed by atoms with van der Waals surface area (Å²) < 4.78 is 18.5. The Bertz CT molecular complexity index is 873. The molecule has 160 valence electrons. The smallest absolute Gasteiger partial charge is 0.408 e. The maximum Gasteiger partial charge on any atom is 0.408 e. The summed E-state index contributed by atoms with van der Waals surface area (Å²) in [7, 11) is 0. The number of aliphatic carboxylic acids is 1. The zero-order valence-corrected chi connectivity index (χ0v) is 16.8. The number of amides is 2. The van der Waals surface area contributed by atoms with Crippen LogP contribution in [0.2, 0.25) is 0 Å². The third-order valence-corrected chi connectivity index (χ3v) is 4.38. The first-order valence-corrected chi connectivity index (χ1v) is 9.51. The van der Waals surface area contributed by atoms with Gasteiger partial charge in [0.25, 0.3) is 0 Å². The lowest BCUT2D eigenvalue weighted by molar-refractivity contribution is -0.142. The zero-order valence-electron chi connectivity index (χ0n) is 16.8. The summed E-state index contributed by atoms with van der Waals surface area (Å²) in [5.74, 6) is -2.74. The summed E-state index contributed by atoms with van der Waals surface area (Å²) in [6.07, 6.45) is -0.882. The molecule has 2 aromatic carbocycles. The van der Waals surface area contributed by atoms with Crippen molar-refractivity contribution in [1.82, 2.24) is 10.6 Å². The van der Waals surface area contributed by atoms with Crippen LogP contribution in [0.4, 0.5) is 9.18 Å². The number of ether oxygens (including phenoxy) is 1. The van der Waals surface area contributed by atoms with Gasteiger partial charge in [0.2, 0.25) is 5.91 Å². The predicted octanol–water partition coefficient (Wildman–Crippen LogP) is 2.89. The number of carbonyl (C=O) groups excluding carboxylic acids is 2. The molecule has 0 aliphatic heterocycles. The van der Waals surface area contributed by atoms with E-state index in [0.717, 1.165) is 5.56 Å². The molecule has 0 aliphatic rings. The molecule has 3 N–H and O–H groups in total. The van der Waals surface area contributed by atoms with Crippen molar-refractivity contribution in [3.8, 4) is 0 Å². The van der Waals surface area contributed by atoms with Gasteiger partial charge in [0, 0.05) is 6.42 Å². The lowest BCUT2D eigenvalue weighted by atomic mass is 10.0. The third-order valence-electron chi connectivity index (χ3n) is 4.38. The Morgan fingerprint density at radius 1 is 1.00 bits per heavy atom. The molecular weight excluding hydrogens is 391 g/mol. The fourth-order valence-electron chi connectivity index (χ4n) is 2.79. The van der Waals surface area contributed by atoms with Crippen molar-refractivity contribution in [2.45, 2.75) is 39.0 Å². The van der Waals surface area contributed by atoms with E-state index in [1.807, 2.05) is 18.2 Å². The van der Waals surface area contributed by atoms with Crippen LogP contribution < -0.4 is 10.6 Å². The molecule has 0 heterocycles. The van der Waals surface area contributed by atoms with E-state index in [2.05, 4.69) is 10.6 Å². The van der Waals surface area contributed by atoms with Gasteiger partial charge in [-0.3, -0.25) is 4.79 Å². The minimum absolute atomic E-state index is 0.0381. The summed E-state index contributed by atoms with van der Waals surface area (Å²) in [6, 6.07) is 12.3. The van der Waals surface area contributed by atoms with Crippen molar-refractivity contribution in [2.75, 3.05) is 0 Å². The van der Waals surface area contributed by atoms with Crippen LogP contribution in [0.25, 0.3) is 0 Å². The SMILES string of the molecule is CC(C)[C@@H](NC(=O)OCc1ccccc1)C(=O)N[C@H](Cc1cccc(F)c1)C(=O)O. The van der Waals surface area contributed by atoms with Crippen LogP contribution in [0.3, 0.4) is 0 Å². The Labute approximate surface area is 174 Å². The first-order valence-electron chi connectivity index (χ1n) is 9.51. The quantitative estimate of drug-likeness (QED) is 0.583. The highest BCUT2D eigenvalue weighted by Gasteiger charge is 2.29. The monoisotopic (exact) mass is 416 g/mol. The van der Waals surface area contributed by atoms with E-state index in [-0.39, 0.29) is 18.9 Å². The van der Waals surface area contributed by atoms with Crippen LogP contribution in [0.5, 0.6) is 0 Å². The van der Waals surface area contributed by atoms with E-state index < -0.39 is 35.9 Å². The van der Waals surface area contributed by atoms with Gasteiger partial charge in [0.15, 0.2) is 0 Å². The number of nitrogens with one attached hydrogen (secondary N) is 2. The molecule has 0 saturated carbocycles. The molecule has 0 fully saturated rings. The normalized spacial score (nSPS) is 12.7. The fraction of sp³-hybridized carbons (Fsp3) is 0.318. The summed E-state index contributed by atoms with van der Waals surface area (Å²) in [5.41, 5.74) is 1.22. The van der Waals surface area contributed by atoms with Gasteiger partial charge < -0.3 is 20.5 Å². The number of hydrogen-bond donors (Lipinski definition) is 3. The van der Waals surface area contributed by atoms with Crippen molar-refractivity contribution >= 4 is 18.0 Å². The van der Waals surface area contributed by atoms with Crippen LogP contribution in [0.15, 0.2) is 54.6 Å². The van der Waals surface area contributed by atoms with Crippen LogP contribution in [-0.2, 0) is 27.4 Å². The Kier molecular flexibility index (Phi) is 8.34. The Morgan fingerprint density at radius 2 is 1.67 bits per heavy atom. The lowest BCUT2D eigenvalue weighted by Gasteiger charge is -2.24. The van der Waals surface area contributed by atoms with Crippen LogP contribution >= 0.6 is 0 Å². The third kappa shape index (κ3) is 7.20. The fourth-order valence-corrected chi connectivity index (χ4v) is 2.79. The molecular formula is C22H25FN2O5. The molecule has 0 radical (unpaired) electrons. The molecule has 2 amide bonds. The lowest BCUT2D eigenvalue weighted by Crippen LogP contribution is -2.54. The van der Waals surface area contributed by atoms with Gasteiger partial charge in [-0.2, -0.15) is 0 Å². The van der Waals surface area contributed by atoms with E-state index in [4.69, 9.17) is 4.74 Å². The van der Waals surface area contributed by atoms with Gasteiger partial charge in [0.05, 0.1) is 0 Å². The van der Waals surface area contributed by atoms with E-state index in [0.29, 0.717) is 5.56 Å². The summed E-state index contributed by atoms with van der Waals surface area (Å²) in [4.78, 5) is 36.3. The number of benzene rings is 2. The Balaban J connectivity index is 1.98. The zero-order chi connectivity index (χ0) is 22.1. The molecule has 2 aromatic rings. The summed E-state index contributed by atoms with van der Waals surface area (Å²) >= 11 is 0. The molecule has 8 heteroatoms. The van der Waals surface area contributed by atoms with Crippen molar-refractivity contribution in [1.29, 1.82) is 0 Å². The number of carbonyl (C=O) groups is 3. The molecule has 0 unspecified atom stereocenters. The number of hydrogen-bond acceptors (Lipinski definition) is 4. The van der Waals surface area contributed by atoms with Gasteiger partial charge in [-0.25, -0.2) is 14.0 Å². The van der Waals surface area contributed by atoms with Crippen molar-refractivity contribution < 1.29 is 28.6 Å². The average Bonchev–Trinajstić information content (AvgIpc) is 2.70. The highest BCUT2D eigenvalue weighted by atomic mass is 19.1. The molecule has 30 heavy (non-hydrogen) atoms. The van der Waals surface area contributed by atoms with Crippen LogP contribution in [0, 0.1) is 11.7 Å². The first-order chi connectivity index (χ1) is 14.3. The topological polar surface area (TPSA) is 105 Å². The predicted molar refractivity (Wildman–Crippen MR) is 108 cm³/mol. The highest BCUT2D eigenvalue weighted by Crippen LogP contribution is 2.09. The van der Waals surface area contributed by atoms with Gasteiger partial charge in [-0.1, -0.05) is 56.3 Å². The van der Waals surface area contributed by atoms with Crippen molar-refractivity contribution in [2.24, 2.45) is 5.92 Å². The molecule has 0 bridgehead atoms. The molecule has 2 atom stereocenters. The minimum Gasteiger partial charge on any atom is -0.480 e. The first kappa shape index (κ1) is 22.9. The number of carboxylic acid groups (broad SMARTS) is 1. The standard InChI is InChI=1S/C22H25FN2O5/c1-14(2)19(25-22(29)30-13-15-7-4-3-5-8-15)20(26)24-18(21(27)28)12-16-9-6-10-17(23)11-16/h3-11,14,18-19H,12-13H2,1-2H3,(H,24,26)(H,25,29)(H,27,28)/t18-,19-/m1/s1.